The highest BCUT2D eigenvalue weighted by molar-refractivity contribution is 6.31. The molecule has 0 spiro atoms. The first-order valence-electron chi connectivity index (χ1n) is 5.89. The number of rotatable bonds is 4. The maximum Gasteiger partial charge on any atom is 0.218 e. The second kappa shape index (κ2) is 5.59. The van der Waals surface area contributed by atoms with Crippen molar-refractivity contribution in [3.8, 4) is 5.88 Å². The van der Waals surface area contributed by atoms with Gasteiger partial charge in [0.2, 0.25) is 5.88 Å². The second-order valence-electron chi connectivity index (χ2n) is 4.29. The molecule has 0 aliphatic heterocycles. The van der Waals surface area contributed by atoms with Crippen LogP contribution >= 0.6 is 11.6 Å². The van der Waals surface area contributed by atoms with Gasteiger partial charge in [-0.2, -0.15) is 5.10 Å². The lowest BCUT2D eigenvalue weighted by Crippen LogP contribution is -2.08. The van der Waals surface area contributed by atoms with E-state index < -0.39 is 6.10 Å². The number of pyridine rings is 1. The van der Waals surface area contributed by atoms with Crippen molar-refractivity contribution in [2.24, 2.45) is 7.05 Å². The Morgan fingerprint density at radius 3 is 2.84 bits per heavy atom. The van der Waals surface area contributed by atoms with Crippen LogP contribution in [0.25, 0.3) is 0 Å². The molecule has 6 heteroatoms. The Morgan fingerprint density at radius 2 is 2.26 bits per heavy atom. The second-order valence-corrected chi connectivity index (χ2v) is 4.67. The number of hydrogen-bond donors (Lipinski definition) is 1. The average Bonchev–Trinajstić information content (AvgIpc) is 2.65. The van der Waals surface area contributed by atoms with Crippen LogP contribution in [0.2, 0.25) is 5.02 Å². The molecule has 0 saturated heterocycles. The third-order valence-corrected chi connectivity index (χ3v) is 3.49. The average molecular weight is 282 g/mol. The van der Waals surface area contributed by atoms with Crippen LogP contribution < -0.4 is 4.74 Å². The van der Waals surface area contributed by atoms with Crippen LogP contribution in [0.1, 0.15) is 23.1 Å². The first-order chi connectivity index (χ1) is 9.04. The number of ether oxygens (including phenoxy) is 1. The Bertz CT molecular complexity index is 583. The van der Waals surface area contributed by atoms with Crippen molar-refractivity contribution in [2.45, 2.75) is 19.4 Å². The zero-order chi connectivity index (χ0) is 14.0. The fraction of sp³-hybridized carbons (Fsp3) is 0.385. The van der Waals surface area contributed by atoms with E-state index in [0.717, 1.165) is 11.4 Å². The molecule has 5 nitrogen and oxygen atoms in total. The van der Waals surface area contributed by atoms with Gasteiger partial charge < -0.3 is 9.84 Å². The van der Waals surface area contributed by atoms with Crippen LogP contribution in [0.4, 0.5) is 0 Å². The molecule has 0 saturated carbocycles. The lowest BCUT2D eigenvalue weighted by molar-refractivity contribution is 0.170. The van der Waals surface area contributed by atoms with E-state index in [-0.39, 0.29) is 0 Å². The van der Waals surface area contributed by atoms with Crippen LogP contribution in [0.3, 0.4) is 0 Å². The Labute approximate surface area is 116 Å². The fourth-order valence-electron chi connectivity index (χ4n) is 2.02. The minimum atomic E-state index is -0.740. The van der Waals surface area contributed by atoms with Crippen molar-refractivity contribution in [3.05, 3.63) is 40.3 Å². The van der Waals surface area contributed by atoms with Crippen LogP contribution in [-0.4, -0.2) is 27.0 Å². The van der Waals surface area contributed by atoms with E-state index in [0.29, 0.717) is 22.9 Å². The summed E-state index contributed by atoms with van der Waals surface area (Å²) < 4.78 is 6.83. The predicted octanol–water partition coefficient (Wildman–Crippen LogP) is 2.06. The summed E-state index contributed by atoms with van der Waals surface area (Å²) in [6.45, 7) is 1.84. The Morgan fingerprint density at radius 1 is 1.53 bits per heavy atom. The number of halogens is 1. The van der Waals surface area contributed by atoms with Gasteiger partial charge >= 0.3 is 0 Å². The van der Waals surface area contributed by atoms with E-state index >= 15 is 0 Å². The first kappa shape index (κ1) is 13.8. The number of aromatic nitrogens is 3. The van der Waals surface area contributed by atoms with Crippen LogP contribution in [0, 0.1) is 6.92 Å². The van der Waals surface area contributed by atoms with Crippen molar-refractivity contribution in [1.82, 2.24) is 14.8 Å². The van der Waals surface area contributed by atoms with Crippen molar-refractivity contribution < 1.29 is 9.84 Å². The summed E-state index contributed by atoms with van der Waals surface area (Å²) in [5.41, 5.74) is 2.18. The minimum absolute atomic E-state index is 0.359. The molecule has 102 valence electrons. The molecule has 2 aromatic heterocycles. The normalized spacial score (nSPS) is 12.5. The molecule has 0 bridgehead atoms. The highest BCUT2D eigenvalue weighted by Gasteiger charge is 2.19. The van der Waals surface area contributed by atoms with Crippen molar-refractivity contribution in [2.75, 3.05) is 7.11 Å². The molecule has 2 aromatic rings. The van der Waals surface area contributed by atoms with Crippen molar-refractivity contribution in [1.29, 1.82) is 0 Å². The first-order valence-corrected chi connectivity index (χ1v) is 6.27. The smallest absolute Gasteiger partial charge is 0.218 e. The molecular formula is C13H16ClN3O2. The number of aliphatic hydroxyl groups excluding tert-OH is 1. The number of hydrogen-bond acceptors (Lipinski definition) is 4. The molecule has 0 fully saturated rings. The minimum Gasteiger partial charge on any atom is -0.481 e. The lowest BCUT2D eigenvalue weighted by Gasteiger charge is -2.14. The SMILES string of the molecule is COc1ncccc1C(O)Cc1c(Cl)c(C)nn1C. The summed E-state index contributed by atoms with van der Waals surface area (Å²) in [6.07, 6.45) is 1.24. The van der Waals surface area contributed by atoms with E-state index in [1.165, 1.54) is 7.11 Å². The zero-order valence-corrected chi connectivity index (χ0v) is 11.8. The third kappa shape index (κ3) is 2.72. The summed E-state index contributed by atoms with van der Waals surface area (Å²) >= 11 is 6.18. The molecule has 19 heavy (non-hydrogen) atoms. The number of aliphatic hydroxyl groups is 1. The Hall–Kier alpha value is -1.59. The van der Waals surface area contributed by atoms with Crippen LogP contribution in [-0.2, 0) is 13.5 Å². The molecule has 2 heterocycles. The molecule has 0 aliphatic rings. The quantitative estimate of drug-likeness (QED) is 0.932. The van der Waals surface area contributed by atoms with Gasteiger partial charge in [0.25, 0.3) is 0 Å². The Kier molecular flexibility index (Phi) is 4.07. The fourth-order valence-corrected chi connectivity index (χ4v) is 2.26. The van der Waals surface area contributed by atoms with E-state index in [1.54, 1.807) is 30.1 Å². The third-order valence-electron chi connectivity index (χ3n) is 3.00. The molecule has 1 unspecified atom stereocenters. The highest BCUT2D eigenvalue weighted by atomic mass is 35.5. The molecule has 1 atom stereocenters. The predicted molar refractivity (Wildman–Crippen MR) is 72.4 cm³/mol. The molecule has 2 rings (SSSR count). The van der Waals surface area contributed by atoms with Gasteiger partial charge in [0.05, 0.1) is 29.6 Å². The zero-order valence-electron chi connectivity index (χ0n) is 11.1. The summed E-state index contributed by atoms with van der Waals surface area (Å²) in [5, 5.41) is 15.1. The highest BCUT2D eigenvalue weighted by Crippen LogP contribution is 2.28. The van der Waals surface area contributed by atoms with E-state index in [9.17, 15) is 5.11 Å². The maximum atomic E-state index is 10.3. The topological polar surface area (TPSA) is 60.2 Å². The van der Waals surface area contributed by atoms with Gasteiger partial charge in [-0.25, -0.2) is 4.98 Å². The number of nitrogens with zero attached hydrogens (tertiary/aromatic N) is 3. The van der Waals surface area contributed by atoms with Gasteiger partial charge in [0, 0.05) is 25.2 Å². The van der Waals surface area contributed by atoms with E-state index in [1.807, 2.05) is 6.92 Å². The van der Waals surface area contributed by atoms with Gasteiger partial charge in [-0.1, -0.05) is 11.6 Å². The van der Waals surface area contributed by atoms with Gasteiger partial charge in [0.1, 0.15) is 0 Å². The number of aryl methyl sites for hydroxylation is 2. The van der Waals surface area contributed by atoms with E-state index in [4.69, 9.17) is 16.3 Å². The standard InChI is InChI=1S/C13H16ClN3O2/c1-8-12(14)10(17(2)16-8)7-11(18)9-5-4-6-15-13(9)19-3/h4-6,11,18H,7H2,1-3H3. The molecule has 0 amide bonds. The van der Waals surface area contributed by atoms with Crippen molar-refractivity contribution >= 4 is 11.6 Å². The largest absolute Gasteiger partial charge is 0.481 e. The van der Waals surface area contributed by atoms with Gasteiger partial charge in [-0.05, 0) is 19.1 Å². The number of methoxy groups -OCH3 is 1. The summed E-state index contributed by atoms with van der Waals surface area (Å²) in [6, 6.07) is 3.55. The van der Waals surface area contributed by atoms with Gasteiger partial charge in [-0.3, -0.25) is 4.68 Å². The monoisotopic (exact) mass is 281 g/mol. The summed E-state index contributed by atoms with van der Waals surface area (Å²) in [7, 11) is 3.33. The van der Waals surface area contributed by atoms with Gasteiger partial charge in [-0.15, -0.1) is 0 Å². The van der Waals surface area contributed by atoms with Crippen LogP contribution in [0.15, 0.2) is 18.3 Å². The van der Waals surface area contributed by atoms with Gasteiger partial charge in [0.15, 0.2) is 0 Å². The summed E-state index contributed by atoms with van der Waals surface area (Å²) in [5.74, 6) is 0.421. The molecule has 1 N–H and O–H groups in total. The summed E-state index contributed by atoms with van der Waals surface area (Å²) in [4.78, 5) is 4.07. The lowest BCUT2D eigenvalue weighted by atomic mass is 10.1. The Balaban J connectivity index is 2.28. The molecule has 0 aliphatic carbocycles. The van der Waals surface area contributed by atoms with Crippen LogP contribution in [0.5, 0.6) is 5.88 Å². The van der Waals surface area contributed by atoms with Crippen molar-refractivity contribution in [3.63, 3.8) is 0 Å². The van der Waals surface area contributed by atoms with E-state index in [2.05, 4.69) is 10.1 Å². The maximum absolute atomic E-state index is 10.3. The molecule has 0 aromatic carbocycles. The molecule has 0 radical (unpaired) electrons. The molecular weight excluding hydrogens is 266 g/mol.